The molecular weight excluding hydrogens is 506 g/mol. The Morgan fingerprint density at radius 3 is 2.73 bits per heavy atom. The second kappa shape index (κ2) is 10.1. The quantitative estimate of drug-likeness (QED) is 0.394. The topological polar surface area (TPSA) is 144 Å². The number of nitrogens with one attached hydrogen (secondary N) is 1. The predicted octanol–water partition coefficient (Wildman–Crippen LogP) is 2.14. The van der Waals surface area contributed by atoms with Crippen molar-refractivity contribution in [3.8, 4) is 17.2 Å². The molecule has 0 aliphatic carbocycles. The van der Waals surface area contributed by atoms with E-state index in [2.05, 4.69) is 10.3 Å². The molecule has 2 aromatic carbocycles. The first-order valence-electron chi connectivity index (χ1n) is 11.2. The molecule has 0 saturated carbocycles. The zero-order valence-electron chi connectivity index (χ0n) is 19.7. The molecule has 1 aliphatic heterocycles. The third-order valence-corrected chi connectivity index (χ3v) is 7.35. The van der Waals surface area contributed by atoms with Crippen LogP contribution in [0.2, 0.25) is 0 Å². The number of rotatable bonds is 7. The van der Waals surface area contributed by atoms with Crippen LogP contribution < -0.4 is 5.32 Å². The van der Waals surface area contributed by atoms with Gasteiger partial charge < -0.3 is 15.1 Å². The highest BCUT2D eigenvalue weighted by Crippen LogP contribution is 2.33. The molecule has 12 heteroatoms. The molecule has 4 rings (SSSR count). The van der Waals surface area contributed by atoms with E-state index in [-0.39, 0.29) is 4.90 Å². The largest absolute Gasteiger partial charge is 0.392 e. The van der Waals surface area contributed by atoms with Crippen LogP contribution in [0.4, 0.5) is 8.78 Å². The van der Waals surface area contributed by atoms with Crippen LogP contribution >= 0.6 is 0 Å². The van der Waals surface area contributed by atoms with Crippen LogP contribution in [0.1, 0.15) is 23.8 Å². The fourth-order valence-corrected chi connectivity index (χ4v) is 5.05. The Morgan fingerprint density at radius 1 is 1.30 bits per heavy atom. The first-order valence-corrected chi connectivity index (χ1v) is 13.1. The highest BCUT2D eigenvalue weighted by atomic mass is 32.2. The fourth-order valence-electron chi connectivity index (χ4n) is 4.38. The number of fused-ring (bicyclic) bond motifs is 1. The average Bonchev–Trinajstić information content (AvgIpc) is 3.20. The minimum Gasteiger partial charge on any atom is -0.392 e. The predicted molar refractivity (Wildman–Crippen MR) is 130 cm³/mol. The maximum atomic E-state index is 13.7. The van der Waals surface area contributed by atoms with E-state index in [9.17, 15) is 32.2 Å². The third-order valence-electron chi connectivity index (χ3n) is 6.24. The van der Waals surface area contributed by atoms with Gasteiger partial charge in [-0.25, -0.2) is 17.2 Å². The Hall–Kier alpha value is -3.50. The molecule has 0 radical (unpaired) electrons. The van der Waals surface area contributed by atoms with E-state index in [0.29, 0.717) is 33.2 Å². The minimum absolute atomic E-state index is 0.0714. The van der Waals surface area contributed by atoms with Gasteiger partial charge in [-0.3, -0.25) is 15.1 Å². The number of aliphatic hydroxyl groups is 2. The minimum atomic E-state index is -3.47. The lowest BCUT2D eigenvalue weighted by Crippen LogP contribution is -2.42. The first kappa shape index (κ1) is 26.6. The Kier molecular flexibility index (Phi) is 7.25. The number of carbonyl (C=O) groups excluding carboxylic acids is 1. The summed E-state index contributed by atoms with van der Waals surface area (Å²) in [7, 11) is -3.47. The monoisotopic (exact) mass is 530 g/mol. The van der Waals surface area contributed by atoms with E-state index in [1.807, 2.05) is 0 Å². The molecule has 2 atom stereocenters. The molecule has 3 N–H and O–H groups in total. The van der Waals surface area contributed by atoms with Crippen molar-refractivity contribution in [3.05, 3.63) is 59.8 Å². The Morgan fingerprint density at radius 2 is 2.05 bits per heavy atom. The molecule has 1 aromatic heterocycles. The van der Waals surface area contributed by atoms with Gasteiger partial charge in [0, 0.05) is 29.8 Å². The van der Waals surface area contributed by atoms with Gasteiger partial charge in [0.25, 0.3) is 5.92 Å². The summed E-state index contributed by atoms with van der Waals surface area (Å²) in [6.45, 7) is -1.72. The standard InChI is InChI=1S/C25H24F2N4O5S/c1-37(35,36)18-3-4-19(16(8-18)13-32)15-2-5-22-21(9-15)20(6-7-29-22)24(34)30-12-23(33)31-14-25(26,27)10-17(31)11-28/h2-9,17,24,30,32,34H,10,12-14H2,1H3/t17-,24?/m0/s1. The van der Waals surface area contributed by atoms with Crippen LogP contribution in [0.15, 0.2) is 53.6 Å². The molecule has 37 heavy (non-hydrogen) atoms. The zero-order valence-corrected chi connectivity index (χ0v) is 20.5. The number of likely N-dealkylation sites (tertiary alicyclic amines) is 1. The lowest BCUT2D eigenvalue weighted by molar-refractivity contribution is -0.132. The van der Waals surface area contributed by atoms with Crippen molar-refractivity contribution >= 4 is 26.6 Å². The number of alkyl halides is 2. The Labute approximate surface area is 211 Å². The molecule has 1 amide bonds. The van der Waals surface area contributed by atoms with Crippen molar-refractivity contribution in [2.75, 3.05) is 19.3 Å². The normalized spacial score (nSPS) is 18.1. The second-order valence-corrected chi connectivity index (χ2v) is 10.9. The summed E-state index contributed by atoms with van der Waals surface area (Å²) in [5, 5.41) is 32.9. The first-order chi connectivity index (χ1) is 17.4. The number of hydrogen-bond acceptors (Lipinski definition) is 8. The highest BCUT2D eigenvalue weighted by Gasteiger charge is 2.47. The van der Waals surface area contributed by atoms with Crippen LogP contribution in [0.25, 0.3) is 22.0 Å². The molecule has 1 unspecified atom stereocenters. The van der Waals surface area contributed by atoms with Crippen molar-refractivity contribution in [2.24, 2.45) is 0 Å². The van der Waals surface area contributed by atoms with Gasteiger partial charge in [-0.2, -0.15) is 5.26 Å². The van der Waals surface area contributed by atoms with Crippen LogP contribution in [0.5, 0.6) is 0 Å². The number of halogens is 2. The summed E-state index contributed by atoms with van der Waals surface area (Å²) >= 11 is 0. The molecule has 2 heterocycles. The molecule has 194 valence electrons. The maximum Gasteiger partial charge on any atom is 0.268 e. The number of hydrogen-bond donors (Lipinski definition) is 3. The maximum absolute atomic E-state index is 13.7. The molecule has 9 nitrogen and oxygen atoms in total. The smallest absolute Gasteiger partial charge is 0.268 e. The van der Waals surface area contributed by atoms with Crippen LogP contribution in [-0.2, 0) is 21.2 Å². The number of pyridine rings is 1. The van der Waals surface area contributed by atoms with E-state index < -0.39 is 60.1 Å². The van der Waals surface area contributed by atoms with Gasteiger partial charge >= 0.3 is 0 Å². The summed E-state index contributed by atoms with van der Waals surface area (Å²) in [5.41, 5.74) is 2.50. The van der Waals surface area contributed by atoms with Crippen LogP contribution in [-0.4, -0.2) is 65.7 Å². The summed E-state index contributed by atoms with van der Waals surface area (Å²) in [4.78, 5) is 17.7. The zero-order chi connectivity index (χ0) is 27.0. The van der Waals surface area contributed by atoms with E-state index in [4.69, 9.17) is 5.26 Å². The van der Waals surface area contributed by atoms with Gasteiger partial charge in [-0.05, 0) is 47.0 Å². The summed E-state index contributed by atoms with van der Waals surface area (Å²) in [6.07, 6.45) is 0.456. The molecule has 3 aromatic rings. The molecule has 1 fully saturated rings. The van der Waals surface area contributed by atoms with E-state index >= 15 is 0 Å². The number of sulfone groups is 1. The van der Waals surface area contributed by atoms with Crippen molar-refractivity contribution < 1.29 is 32.2 Å². The van der Waals surface area contributed by atoms with Gasteiger partial charge in [0.15, 0.2) is 9.84 Å². The lowest BCUT2D eigenvalue weighted by atomic mass is 9.97. The number of aliphatic hydroxyl groups excluding tert-OH is 2. The molecule has 0 spiro atoms. The highest BCUT2D eigenvalue weighted by molar-refractivity contribution is 7.90. The number of nitrogens with zero attached hydrogens (tertiary/aromatic N) is 3. The second-order valence-electron chi connectivity index (χ2n) is 8.89. The Bertz CT molecular complexity index is 1510. The fraction of sp³-hybridized carbons (Fsp3) is 0.320. The summed E-state index contributed by atoms with van der Waals surface area (Å²) in [5.74, 6) is -3.88. The molecule has 1 saturated heterocycles. The van der Waals surface area contributed by atoms with Crippen LogP contribution in [0.3, 0.4) is 0 Å². The lowest BCUT2D eigenvalue weighted by Gasteiger charge is -2.21. The summed E-state index contributed by atoms with van der Waals surface area (Å²) < 4.78 is 51.1. The van der Waals surface area contributed by atoms with Gasteiger partial charge in [0.2, 0.25) is 5.91 Å². The van der Waals surface area contributed by atoms with Gasteiger partial charge in [0.1, 0.15) is 12.3 Å². The average molecular weight is 531 g/mol. The van der Waals surface area contributed by atoms with Crippen molar-refractivity contribution in [3.63, 3.8) is 0 Å². The third kappa shape index (κ3) is 5.60. The number of amides is 1. The van der Waals surface area contributed by atoms with Crippen molar-refractivity contribution in [1.29, 1.82) is 5.26 Å². The number of aromatic nitrogens is 1. The molecular formula is C25H24F2N4O5S. The Balaban J connectivity index is 1.61. The summed E-state index contributed by atoms with van der Waals surface area (Å²) in [6, 6.07) is 11.6. The van der Waals surface area contributed by atoms with Crippen LogP contribution in [0, 0.1) is 11.3 Å². The number of benzene rings is 2. The van der Waals surface area contributed by atoms with E-state index in [1.54, 1.807) is 30.3 Å². The van der Waals surface area contributed by atoms with E-state index in [0.717, 1.165) is 11.2 Å². The van der Waals surface area contributed by atoms with Gasteiger partial charge in [0.05, 0.1) is 36.2 Å². The molecule has 0 bridgehead atoms. The number of carbonyl (C=O) groups is 1. The van der Waals surface area contributed by atoms with Gasteiger partial charge in [-0.1, -0.05) is 12.1 Å². The molecule has 1 aliphatic rings. The van der Waals surface area contributed by atoms with Gasteiger partial charge in [-0.15, -0.1) is 0 Å². The van der Waals surface area contributed by atoms with Crippen molar-refractivity contribution in [2.45, 2.75) is 36.1 Å². The van der Waals surface area contributed by atoms with Crippen molar-refractivity contribution in [1.82, 2.24) is 15.2 Å². The number of nitriles is 1. The SMILES string of the molecule is CS(=O)(=O)c1ccc(-c2ccc3nccc(C(O)NCC(=O)N4CC(F)(F)C[C@H]4C#N)c3c2)c(CO)c1. The van der Waals surface area contributed by atoms with E-state index in [1.165, 1.54) is 24.4 Å².